The summed E-state index contributed by atoms with van der Waals surface area (Å²) in [6.45, 7) is 13.5. The molecular weight excluding hydrogens is 446 g/mol. The first-order valence-corrected chi connectivity index (χ1v) is 13.6. The van der Waals surface area contributed by atoms with E-state index in [9.17, 15) is 0 Å². The zero-order valence-corrected chi connectivity index (χ0v) is 21.2. The Kier molecular flexibility index (Phi) is 6.28. The maximum atomic E-state index is 5.43. The normalized spacial score (nSPS) is 21.2. The Balaban J connectivity index is 1.32. The predicted molar refractivity (Wildman–Crippen MR) is 136 cm³/mol. The molecule has 34 heavy (non-hydrogen) atoms. The number of piperidine rings is 1. The molecule has 9 heteroatoms. The van der Waals surface area contributed by atoms with Crippen LogP contribution in [0.15, 0.2) is 11.6 Å². The summed E-state index contributed by atoms with van der Waals surface area (Å²) in [5.74, 6) is 2.83. The van der Waals surface area contributed by atoms with E-state index in [1.807, 2.05) is 6.92 Å². The van der Waals surface area contributed by atoms with Crippen LogP contribution in [-0.2, 0) is 11.3 Å². The molecule has 0 radical (unpaired) electrons. The molecule has 6 rings (SSSR count). The number of aryl methyl sites for hydroxylation is 2. The molecule has 0 bridgehead atoms. The first-order chi connectivity index (χ1) is 16.7. The lowest BCUT2D eigenvalue weighted by atomic mass is 10.1. The van der Waals surface area contributed by atoms with E-state index in [-0.39, 0.29) is 0 Å². The zero-order chi connectivity index (χ0) is 23.1. The Labute approximate surface area is 205 Å². The largest absolute Gasteiger partial charge is 0.378 e. The van der Waals surface area contributed by atoms with Crippen molar-refractivity contribution in [3.05, 3.63) is 28.7 Å². The molecule has 0 amide bonds. The van der Waals surface area contributed by atoms with E-state index >= 15 is 0 Å². The van der Waals surface area contributed by atoms with Crippen molar-refractivity contribution >= 4 is 27.5 Å². The Morgan fingerprint density at radius 3 is 2.53 bits per heavy atom. The summed E-state index contributed by atoms with van der Waals surface area (Å²) in [6.07, 6.45) is 7.04. The summed E-state index contributed by atoms with van der Waals surface area (Å²) in [6, 6.07) is 0.631. The van der Waals surface area contributed by atoms with Crippen molar-refractivity contribution in [3.8, 4) is 5.82 Å². The van der Waals surface area contributed by atoms with E-state index in [4.69, 9.17) is 14.7 Å². The lowest BCUT2D eigenvalue weighted by Crippen LogP contribution is -2.50. The highest BCUT2D eigenvalue weighted by Crippen LogP contribution is 2.33. The maximum Gasteiger partial charge on any atom is 0.227 e. The number of anilines is 1. The van der Waals surface area contributed by atoms with Gasteiger partial charge in [-0.05, 0) is 58.0 Å². The number of rotatable bonds is 5. The first kappa shape index (κ1) is 22.4. The third-order valence-electron chi connectivity index (χ3n) is 7.48. The summed E-state index contributed by atoms with van der Waals surface area (Å²) in [4.78, 5) is 22.5. The Morgan fingerprint density at radius 1 is 0.941 bits per heavy atom. The third-order valence-corrected chi connectivity index (χ3v) is 8.50. The van der Waals surface area contributed by atoms with Crippen LogP contribution in [0.4, 0.5) is 5.95 Å². The summed E-state index contributed by atoms with van der Waals surface area (Å²) in [7, 11) is 0. The molecule has 3 saturated heterocycles. The second-order valence-corrected chi connectivity index (χ2v) is 10.9. The monoisotopic (exact) mass is 481 g/mol. The van der Waals surface area contributed by atoms with Crippen LogP contribution in [0.5, 0.6) is 0 Å². The SMILES string of the molecule is Cc1cn(-c2nc(N3CCCCC3)nc3c(CN4CCCN(C5COC5)CC4)csc23)c(C)n1. The molecule has 3 aromatic heterocycles. The number of hydrogen-bond acceptors (Lipinski definition) is 8. The van der Waals surface area contributed by atoms with Gasteiger partial charge in [-0.3, -0.25) is 14.4 Å². The summed E-state index contributed by atoms with van der Waals surface area (Å²) >= 11 is 1.77. The lowest BCUT2D eigenvalue weighted by molar-refractivity contribution is -0.0633. The van der Waals surface area contributed by atoms with Gasteiger partial charge in [0.15, 0.2) is 5.82 Å². The van der Waals surface area contributed by atoms with E-state index in [1.165, 1.54) is 42.5 Å². The number of thiophene rings is 1. The van der Waals surface area contributed by atoms with Gasteiger partial charge in [-0.15, -0.1) is 11.3 Å². The van der Waals surface area contributed by atoms with E-state index in [0.29, 0.717) is 6.04 Å². The fourth-order valence-electron chi connectivity index (χ4n) is 5.47. The van der Waals surface area contributed by atoms with Crippen LogP contribution in [-0.4, -0.2) is 87.8 Å². The van der Waals surface area contributed by atoms with Crippen LogP contribution in [0, 0.1) is 13.8 Å². The van der Waals surface area contributed by atoms with Gasteiger partial charge >= 0.3 is 0 Å². The van der Waals surface area contributed by atoms with Crippen molar-refractivity contribution in [3.63, 3.8) is 0 Å². The molecular formula is C25H35N7OS. The van der Waals surface area contributed by atoms with E-state index < -0.39 is 0 Å². The molecule has 3 aliphatic rings. The molecule has 0 unspecified atom stereocenters. The number of hydrogen-bond donors (Lipinski definition) is 0. The van der Waals surface area contributed by atoms with Crippen LogP contribution in [0.25, 0.3) is 16.0 Å². The Bertz CT molecular complexity index is 1150. The molecule has 0 aliphatic carbocycles. The number of imidazole rings is 1. The van der Waals surface area contributed by atoms with Crippen molar-refractivity contribution in [2.75, 3.05) is 57.4 Å². The van der Waals surface area contributed by atoms with Crippen molar-refractivity contribution < 1.29 is 4.74 Å². The summed E-state index contributed by atoms with van der Waals surface area (Å²) in [5, 5.41) is 2.31. The van der Waals surface area contributed by atoms with Gasteiger partial charge in [-0.1, -0.05) is 0 Å². The van der Waals surface area contributed by atoms with E-state index in [1.54, 1.807) is 11.3 Å². The van der Waals surface area contributed by atoms with Gasteiger partial charge in [0.05, 0.1) is 35.2 Å². The fraction of sp³-hybridized carbons (Fsp3) is 0.640. The van der Waals surface area contributed by atoms with Crippen LogP contribution in [0.3, 0.4) is 0 Å². The van der Waals surface area contributed by atoms with E-state index in [2.05, 4.69) is 42.8 Å². The van der Waals surface area contributed by atoms with Crippen molar-refractivity contribution in [2.45, 2.75) is 52.1 Å². The molecule has 0 atom stereocenters. The average Bonchev–Trinajstić information content (AvgIpc) is 3.28. The van der Waals surface area contributed by atoms with Crippen molar-refractivity contribution in [1.29, 1.82) is 0 Å². The topological polar surface area (TPSA) is 62.6 Å². The standard InChI is InChI=1S/C25H35N7OS/c1-18-13-32(19(2)26-18)24-23-22(27-25(28-24)31-8-4-3-5-9-31)20(17-34-23)14-29-7-6-10-30(12-11-29)21-15-33-16-21/h13,17,21H,3-12,14-16H2,1-2H3. The Morgan fingerprint density at radius 2 is 1.79 bits per heavy atom. The van der Waals surface area contributed by atoms with E-state index in [0.717, 1.165) is 81.3 Å². The molecule has 0 spiro atoms. The second-order valence-electron chi connectivity index (χ2n) is 9.99. The number of nitrogens with zero attached hydrogens (tertiary/aromatic N) is 7. The minimum Gasteiger partial charge on any atom is -0.378 e. The van der Waals surface area contributed by atoms with Gasteiger partial charge in [0.2, 0.25) is 5.95 Å². The lowest BCUT2D eigenvalue weighted by Gasteiger charge is -2.36. The van der Waals surface area contributed by atoms with Crippen molar-refractivity contribution in [1.82, 2.24) is 29.3 Å². The molecule has 6 heterocycles. The fourth-order valence-corrected chi connectivity index (χ4v) is 6.46. The van der Waals surface area contributed by atoms with Crippen LogP contribution in [0.2, 0.25) is 0 Å². The second kappa shape index (κ2) is 9.53. The smallest absolute Gasteiger partial charge is 0.227 e. The molecule has 3 fully saturated rings. The Hall–Kier alpha value is -2.07. The third kappa shape index (κ3) is 4.34. The molecule has 3 aromatic rings. The predicted octanol–water partition coefficient (Wildman–Crippen LogP) is 3.39. The quantitative estimate of drug-likeness (QED) is 0.554. The number of fused-ring (bicyclic) bond motifs is 1. The molecule has 0 N–H and O–H groups in total. The van der Waals surface area contributed by atoms with Crippen molar-refractivity contribution in [2.24, 2.45) is 0 Å². The summed E-state index contributed by atoms with van der Waals surface area (Å²) < 4.78 is 8.75. The molecule has 0 aromatic carbocycles. The highest BCUT2D eigenvalue weighted by molar-refractivity contribution is 7.17. The summed E-state index contributed by atoms with van der Waals surface area (Å²) in [5.41, 5.74) is 3.47. The zero-order valence-electron chi connectivity index (χ0n) is 20.4. The molecule has 8 nitrogen and oxygen atoms in total. The molecule has 0 saturated carbocycles. The van der Waals surface area contributed by atoms with Crippen LogP contribution >= 0.6 is 11.3 Å². The van der Waals surface area contributed by atoms with Gasteiger partial charge in [-0.2, -0.15) is 4.98 Å². The first-order valence-electron chi connectivity index (χ1n) is 12.8. The minimum absolute atomic E-state index is 0.631. The average molecular weight is 482 g/mol. The van der Waals surface area contributed by atoms with Crippen LogP contribution < -0.4 is 4.90 Å². The van der Waals surface area contributed by atoms with Gasteiger partial charge in [-0.25, -0.2) is 9.97 Å². The number of aromatic nitrogens is 4. The van der Waals surface area contributed by atoms with Gasteiger partial charge in [0.1, 0.15) is 5.82 Å². The maximum absolute atomic E-state index is 5.43. The van der Waals surface area contributed by atoms with Gasteiger partial charge < -0.3 is 9.64 Å². The van der Waals surface area contributed by atoms with Crippen LogP contribution in [0.1, 0.15) is 42.8 Å². The molecule has 182 valence electrons. The minimum atomic E-state index is 0.631. The van der Waals surface area contributed by atoms with Gasteiger partial charge in [0.25, 0.3) is 0 Å². The highest BCUT2D eigenvalue weighted by Gasteiger charge is 2.28. The highest BCUT2D eigenvalue weighted by atomic mass is 32.1. The number of ether oxygens (including phenoxy) is 1. The van der Waals surface area contributed by atoms with Gasteiger partial charge in [0, 0.05) is 44.5 Å². The molecule has 3 aliphatic heterocycles.